The van der Waals surface area contributed by atoms with Gasteiger partial charge in [0.2, 0.25) is 0 Å². The molecule has 5 heteroatoms. The van der Waals surface area contributed by atoms with Crippen molar-refractivity contribution in [3.63, 3.8) is 0 Å². The van der Waals surface area contributed by atoms with E-state index in [0.29, 0.717) is 11.5 Å². The van der Waals surface area contributed by atoms with Gasteiger partial charge in [0.15, 0.2) is 9.84 Å². The fourth-order valence-electron chi connectivity index (χ4n) is 3.54. The average Bonchev–Trinajstić information content (AvgIpc) is 3.27. The van der Waals surface area contributed by atoms with Gasteiger partial charge in [0.05, 0.1) is 22.3 Å². The Balaban J connectivity index is 1.97. The fraction of sp³-hybridized carbons (Fsp3) is 0.400. The highest BCUT2D eigenvalue weighted by atomic mass is 32.2. The zero-order chi connectivity index (χ0) is 18.1. The quantitative estimate of drug-likeness (QED) is 0.825. The van der Waals surface area contributed by atoms with Crippen LogP contribution in [0.4, 0.5) is 0 Å². The van der Waals surface area contributed by atoms with Crippen molar-refractivity contribution in [2.24, 2.45) is 5.73 Å². The lowest BCUT2D eigenvalue weighted by Gasteiger charge is -2.12. The summed E-state index contributed by atoms with van der Waals surface area (Å²) in [4.78, 5) is 0.319. The first-order valence-corrected chi connectivity index (χ1v) is 10.2. The second-order valence-electron chi connectivity index (χ2n) is 6.60. The Hall–Kier alpha value is -1.69. The molecule has 4 nitrogen and oxygen atoms in total. The molecule has 0 aromatic heterocycles. The predicted molar refractivity (Wildman–Crippen MR) is 99.4 cm³/mol. The molecule has 1 aliphatic rings. The molecule has 0 aliphatic heterocycles. The Morgan fingerprint density at radius 2 is 1.68 bits per heavy atom. The highest BCUT2D eigenvalue weighted by molar-refractivity contribution is 7.92. The van der Waals surface area contributed by atoms with Crippen molar-refractivity contribution >= 4 is 9.84 Å². The lowest BCUT2D eigenvalue weighted by Crippen LogP contribution is -2.36. The summed E-state index contributed by atoms with van der Waals surface area (Å²) < 4.78 is 31.8. The monoisotopic (exact) mass is 359 g/mol. The molecule has 2 aromatic rings. The van der Waals surface area contributed by atoms with Gasteiger partial charge in [-0.3, -0.25) is 0 Å². The summed E-state index contributed by atoms with van der Waals surface area (Å²) in [6, 6.07) is 16.6. The van der Waals surface area contributed by atoms with E-state index in [-0.39, 0.29) is 12.5 Å². The molecule has 0 heterocycles. The summed E-state index contributed by atoms with van der Waals surface area (Å²) in [5, 5.41) is -0.665. The molecule has 1 aliphatic carbocycles. The van der Waals surface area contributed by atoms with E-state index >= 15 is 0 Å². The van der Waals surface area contributed by atoms with Gasteiger partial charge in [-0.25, -0.2) is 8.42 Å². The summed E-state index contributed by atoms with van der Waals surface area (Å²) >= 11 is 0. The number of benzene rings is 2. The van der Waals surface area contributed by atoms with Crippen LogP contribution in [-0.4, -0.2) is 32.4 Å². The Labute approximate surface area is 149 Å². The number of rotatable bonds is 7. The summed E-state index contributed by atoms with van der Waals surface area (Å²) in [6.45, 7) is 4.73. The van der Waals surface area contributed by atoms with Gasteiger partial charge in [0, 0.05) is 12.5 Å². The van der Waals surface area contributed by atoms with Gasteiger partial charge >= 0.3 is 0 Å². The van der Waals surface area contributed by atoms with Crippen LogP contribution >= 0.6 is 0 Å². The third-order valence-corrected chi connectivity index (χ3v) is 7.32. The molecule has 2 N–H and O–H groups in total. The molecule has 1 fully saturated rings. The van der Waals surface area contributed by atoms with Crippen LogP contribution in [0.25, 0.3) is 0 Å². The smallest absolute Gasteiger partial charge is 0.183 e. The molecule has 3 atom stereocenters. The third-order valence-electron chi connectivity index (χ3n) is 5.01. The van der Waals surface area contributed by atoms with E-state index in [4.69, 9.17) is 10.5 Å². The lowest BCUT2D eigenvalue weighted by atomic mass is 10.0. The van der Waals surface area contributed by atoms with Gasteiger partial charge < -0.3 is 10.5 Å². The molecule has 0 saturated heterocycles. The van der Waals surface area contributed by atoms with Crippen molar-refractivity contribution in [3.8, 4) is 0 Å². The Kier molecular flexibility index (Phi) is 5.00. The number of hydrogen-bond acceptors (Lipinski definition) is 4. The van der Waals surface area contributed by atoms with Crippen LogP contribution in [0.2, 0.25) is 0 Å². The van der Waals surface area contributed by atoms with E-state index in [1.54, 1.807) is 24.3 Å². The van der Waals surface area contributed by atoms with Crippen LogP contribution in [0.1, 0.15) is 30.9 Å². The average molecular weight is 359 g/mol. The fourth-order valence-corrected chi connectivity index (χ4v) is 5.86. The summed E-state index contributed by atoms with van der Waals surface area (Å²) in [6.07, 6.45) is 0.948. The van der Waals surface area contributed by atoms with Gasteiger partial charge in [-0.05, 0) is 36.6 Å². The van der Waals surface area contributed by atoms with E-state index in [2.05, 4.69) is 6.92 Å². The lowest BCUT2D eigenvalue weighted by molar-refractivity contribution is 0.125. The maximum absolute atomic E-state index is 13.1. The second kappa shape index (κ2) is 6.90. The minimum Gasteiger partial charge on any atom is -0.380 e. The van der Waals surface area contributed by atoms with E-state index < -0.39 is 20.6 Å². The molecule has 0 radical (unpaired) electrons. The maximum atomic E-state index is 13.1. The van der Waals surface area contributed by atoms with Crippen LogP contribution in [0.3, 0.4) is 0 Å². The highest BCUT2D eigenvalue weighted by Gasteiger charge is 2.69. The van der Waals surface area contributed by atoms with Crippen molar-refractivity contribution in [2.45, 2.75) is 41.9 Å². The van der Waals surface area contributed by atoms with Gasteiger partial charge in [0.1, 0.15) is 0 Å². The number of aryl methyl sites for hydroxylation is 1. The van der Waals surface area contributed by atoms with Crippen molar-refractivity contribution < 1.29 is 13.2 Å². The first kappa shape index (κ1) is 18.1. The zero-order valence-corrected chi connectivity index (χ0v) is 15.5. The first-order chi connectivity index (χ1) is 11.9. The number of hydrogen-bond donors (Lipinski definition) is 1. The van der Waals surface area contributed by atoms with Crippen LogP contribution in [0.5, 0.6) is 0 Å². The molecule has 0 bridgehead atoms. The van der Waals surface area contributed by atoms with Gasteiger partial charge in [-0.2, -0.15) is 0 Å². The topological polar surface area (TPSA) is 69.4 Å². The second-order valence-corrected chi connectivity index (χ2v) is 8.67. The molecule has 0 amide bonds. The zero-order valence-electron chi connectivity index (χ0n) is 14.7. The van der Waals surface area contributed by atoms with Crippen molar-refractivity contribution in [1.82, 2.24) is 0 Å². The maximum Gasteiger partial charge on any atom is 0.183 e. The van der Waals surface area contributed by atoms with Gasteiger partial charge in [-0.15, -0.1) is 0 Å². The number of nitrogens with two attached hydrogens (primary N) is 1. The van der Waals surface area contributed by atoms with Crippen LogP contribution < -0.4 is 5.73 Å². The molecular formula is C20H25NO3S. The standard InChI is InChI=1S/C20H25NO3S/c1-3-15-10-12-16(13-11-15)18-19(20(18,21)14-24-4-2)25(22,23)17-8-6-5-7-9-17/h5-13,18-19H,3-4,14,21H2,1-2H3/t18-,19-,20+/m1/s1. The predicted octanol–water partition coefficient (Wildman–Crippen LogP) is 2.92. The molecule has 2 aromatic carbocycles. The Morgan fingerprint density at radius 3 is 2.24 bits per heavy atom. The Bertz CT molecular complexity index is 818. The van der Waals surface area contributed by atoms with E-state index in [0.717, 1.165) is 12.0 Å². The molecule has 0 spiro atoms. The van der Waals surface area contributed by atoms with Crippen LogP contribution in [-0.2, 0) is 21.0 Å². The molecule has 25 heavy (non-hydrogen) atoms. The van der Waals surface area contributed by atoms with Crippen molar-refractivity contribution in [2.75, 3.05) is 13.2 Å². The largest absolute Gasteiger partial charge is 0.380 e. The van der Waals surface area contributed by atoms with E-state index in [9.17, 15) is 8.42 Å². The third kappa shape index (κ3) is 3.24. The molecular weight excluding hydrogens is 334 g/mol. The van der Waals surface area contributed by atoms with E-state index in [1.807, 2.05) is 37.3 Å². The SMILES string of the molecule is CCOC[C@]1(N)[C@H](c2ccc(CC)cc2)[C@H]1S(=O)(=O)c1ccccc1. The summed E-state index contributed by atoms with van der Waals surface area (Å²) in [5.41, 5.74) is 7.84. The highest BCUT2D eigenvalue weighted by Crippen LogP contribution is 2.55. The summed E-state index contributed by atoms with van der Waals surface area (Å²) in [5.74, 6) is -0.254. The normalized spacial score (nSPS) is 25.7. The van der Waals surface area contributed by atoms with Crippen molar-refractivity contribution in [1.29, 1.82) is 0 Å². The molecule has 1 saturated carbocycles. The summed E-state index contributed by atoms with van der Waals surface area (Å²) in [7, 11) is -3.52. The first-order valence-electron chi connectivity index (χ1n) is 8.69. The molecule has 0 unspecified atom stereocenters. The molecule has 134 valence electrons. The number of ether oxygens (including phenoxy) is 1. The molecule has 3 rings (SSSR count). The van der Waals surface area contributed by atoms with E-state index in [1.165, 1.54) is 5.56 Å². The minimum absolute atomic E-state index is 0.237. The van der Waals surface area contributed by atoms with Gasteiger partial charge in [0.25, 0.3) is 0 Å². The van der Waals surface area contributed by atoms with Crippen molar-refractivity contribution in [3.05, 3.63) is 65.7 Å². The number of sulfone groups is 1. The Morgan fingerprint density at radius 1 is 1.04 bits per heavy atom. The van der Waals surface area contributed by atoms with Crippen LogP contribution in [0.15, 0.2) is 59.5 Å². The van der Waals surface area contributed by atoms with Crippen LogP contribution in [0, 0.1) is 0 Å². The van der Waals surface area contributed by atoms with Gasteiger partial charge in [-0.1, -0.05) is 49.4 Å². The minimum atomic E-state index is -3.52.